The molecule has 1 rings (SSSR count). The molecule has 0 heterocycles. The van der Waals surface area contributed by atoms with Crippen molar-refractivity contribution in [1.29, 1.82) is 0 Å². The number of hydrogen-bond donors (Lipinski definition) is 1. The van der Waals surface area contributed by atoms with Crippen LogP contribution < -0.4 is 4.74 Å². The Morgan fingerprint density at radius 1 is 1.39 bits per heavy atom. The van der Waals surface area contributed by atoms with Gasteiger partial charge in [-0.2, -0.15) is 0 Å². The minimum absolute atomic E-state index is 0.107. The van der Waals surface area contributed by atoms with Crippen LogP contribution in [0.1, 0.15) is 33.1 Å². The summed E-state index contributed by atoms with van der Waals surface area (Å²) >= 11 is 0. The molecular weight excluding hydrogens is 232 g/mol. The third-order valence-electron chi connectivity index (χ3n) is 2.45. The van der Waals surface area contributed by atoms with Crippen molar-refractivity contribution in [3.8, 4) is 11.5 Å². The zero-order valence-corrected chi connectivity index (χ0v) is 10.9. The van der Waals surface area contributed by atoms with Crippen LogP contribution in [-0.4, -0.2) is 23.8 Å². The fourth-order valence-corrected chi connectivity index (χ4v) is 1.45. The molecule has 4 heteroatoms. The molecule has 4 nitrogen and oxygen atoms in total. The summed E-state index contributed by atoms with van der Waals surface area (Å²) in [6.45, 7) is 4.15. The van der Waals surface area contributed by atoms with Gasteiger partial charge in [-0.1, -0.05) is 25.8 Å². The number of rotatable bonds is 7. The van der Waals surface area contributed by atoms with Crippen LogP contribution in [0.2, 0.25) is 0 Å². The topological polar surface area (TPSA) is 55.8 Å². The molecule has 0 saturated carbocycles. The van der Waals surface area contributed by atoms with Gasteiger partial charge in [-0.3, -0.25) is 0 Å². The number of benzene rings is 1. The molecule has 100 valence electrons. The highest BCUT2D eigenvalue weighted by Gasteiger charge is 2.16. The van der Waals surface area contributed by atoms with Crippen molar-refractivity contribution in [2.45, 2.75) is 39.2 Å². The van der Waals surface area contributed by atoms with Crippen LogP contribution in [0.15, 0.2) is 24.3 Å². The van der Waals surface area contributed by atoms with Crippen LogP contribution in [0.4, 0.5) is 0 Å². The van der Waals surface area contributed by atoms with E-state index < -0.39 is 6.10 Å². The number of phenols is 1. The summed E-state index contributed by atoms with van der Waals surface area (Å²) in [5, 5.41) is 9.27. The molecule has 0 aliphatic carbocycles. The molecule has 0 amide bonds. The average Bonchev–Trinajstić information content (AvgIpc) is 2.34. The summed E-state index contributed by atoms with van der Waals surface area (Å²) in [5.74, 6) is 0.179. The lowest BCUT2D eigenvalue weighted by Crippen LogP contribution is -2.26. The van der Waals surface area contributed by atoms with Gasteiger partial charge in [-0.15, -0.1) is 0 Å². The Kier molecular flexibility index (Phi) is 6.05. The summed E-state index contributed by atoms with van der Waals surface area (Å²) in [5.41, 5.74) is 0. The van der Waals surface area contributed by atoms with E-state index in [0.717, 1.165) is 19.3 Å². The van der Waals surface area contributed by atoms with Gasteiger partial charge in [0.2, 0.25) is 0 Å². The normalized spacial score (nSPS) is 11.9. The number of carbonyl (C=O) groups is 1. The first-order valence-electron chi connectivity index (χ1n) is 6.25. The molecule has 0 radical (unpaired) electrons. The van der Waals surface area contributed by atoms with E-state index in [9.17, 15) is 9.90 Å². The first kappa shape index (κ1) is 14.4. The number of carbonyl (C=O) groups excluding carboxylic acids is 1. The molecule has 0 spiro atoms. The van der Waals surface area contributed by atoms with Gasteiger partial charge in [0, 0.05) is 6.07 Å². The number of ether oxygens (including phenoxy) is 2. The maximum absolute atomic E-state index is 11.6. The molecule has 0 aliphatic heterocycles. The summed E-state index contributed by atoms with van der Waals surface area (Å²) in [6.07, 6.45) is 2.34. The predicted octanol–water partition coefficient (Wildman–Crippen LogP) is 2.89. The summed E-state index contributed by atoms with van der Waals surface area (Å²) in [4.78, 5) is 11.6. The Balaban J connectivity index is 2.35. The lowest BCUT2D eigenvalue weighted by atomic mass is 10.3. The third-order valence-corrected chi connectivity index (χ3v) is 2.45. The zero-order chi connectivity index (χ0) is 13.4. The fraction of sp³-hybridized carbons (Fsp3) is 0.500. The van der Waals surface area contributed by atoms with E-state index in [2.05, 4.69) is 6.92 Å². The Morgan fingerprint density at radius 3 is 2.83 bits per heavy atom. The first-order valence-corrected chi connectivity index (χ1v) is 6.25. The SMILES string of the molecule is CCCCCOC(=O)C(C)Oc1cccc(O)c1. The second-order valence-electron chi connectivity index (χ2n) is 4.13. The lowest BCUT2D eigenvalue weighted by Gasteiger charge is -2.14. The predicted molar refractivity (Wildman–Crippen MR) is 68.7 cm³/mol. The highest BCUT2D eigenvalue weighted by molar-refractivity contribution is 5.74. The standard InChI is InChI=1S/C14H20O4/c1-3-4-5-9-17-14(16)11(2)18-13-8-6-7-12(15)10-13/h6-8,10-11,15H,3-5,9H2,1-2H3. The van der Waals surface area contributed by atoms with Crippen LogP contribution in [0, 0.1) is 0 Å². The summed E-state index contributed by atoms with van der Waals surface area (Å²) in [7, 11) is 0. The number of unbranched alkanes of at least 4 members (excludes halogenated alkanes) is 2. The molecular formula is C14H20O4. The van der Waals surface area contributed by atoms with E-state index in [0.29, 0.717) is 12.4 Å². The van der Waals surface area contributed by atoms with Gasteiger partial charge in [0.15, 0.2) is 6.10 Å². The van der Waals surface area contributed by atoms with E-state index in [1.54, 1.807) is 25.1 Å². The van der Waals surface area contributed by atoms with Crippen LogP contribution >= 0.6 is 0 Å². The number of aromatic hydroxyl groups is 1. The molecule has 0 bridgehead atoms. The number of phenolic OH excluding ortho intramolecular Hbond substituents is 1. The molecule has 1 unspecified atom stereocenters. The molecule has 0 fully saturated rings. The Hall–Kier alpha value is -1.71. The van der Waals surface area contributed by atoms with Crippen molar-refractivity contribution in [3.05, 3.63) is 24.3 Å². The largest absolute Gasteiger partial charge is 0.508 e. The minimum atomic E-state index is -0.673. The Morgan fingerprint density at radius 2 is 2.17 bits per heavy atom. The second-order valence-corrected chi connectivity index (χ2v) is 4.13. The smallest absolute Gasteiger partial charge is 0.347 e. The summed E-state index contributed by atoms with van der Waals surface area (Å²) in [6, 6.07) is 6.34. The van der Waals surface area contributed by atoms with Crippen molar-refractivity contribution in [3.63, 3.8) is 0 Å². The highest BCUT2D eigenvalue weighted by atomic mass is 16.6. The van der Waals surface area contributed by atoms with Crippen LogP contribution in [0.25, 0.3) is 0 Å². The molecule has 1 atom stereocenters. The lowest BCUT2D eigenvalue weighted by molar-refractivity contribution is -0.151. The molecule has 18 heavy (non-hydrogen) atoms. The molecule has 0 aliphatic rings. The van der Waals surface area contributed by atoms with Gasteiger partial charge in [0.25, 0.3) is 0 Å². The van der Waals surface area contributed by atoms with E-state index >= 15 is 0 Å². The van der Waals surface area contributed by atoms with Gasteiger partial charge >= 0.3 is 5.97 Å². The van der Waals surface area contributed by atoms with Crippen LogP contribution in [0.3, 0.4) is 0 Å². The van der Waals surface area contributed by atoms with Gasteiger partial charge in [-0.25, -0.2) is 4.79 Å². The Labute approximate surface area is 108 Å². The second kappa shape index (κ2) is 7.58. The van der Waals surface area contributed by atoms with Gasteiger partial charge in [0.1, 0.15) is 11.5 Å². The van der Waals surface area contributed by atoms with Crippen molar-refractivity contribution in [2.75, 3.05) is 6.61 Å². The molecule has 1 aromatic carbocycles. The molecule has 1 N–H and O–H groups in total. The van der Waals surface area contributed by atoms with Gasteiger partial charge in [-0.05, 0) is 25.5 Å². The number of hydrogen-bond acceptors (Lipinski definition) is 4. The van der Waals surface area contributed by atoms with Crippen LogP contribution in [0.5, 0.6) is 11.5 Å². The van der Waals surface area contributed by atoms with E-state index in [-0.39, 0.29) is 11.7 Å². The van der Waals surface area contributed by atoms with Crippen molar-refractivity contribution in [1.82, 2.24) is 0 Å². The van der Waals surface area contributed by atoms with Crippen LogP contribution in [-0.2, 0) is 9.53 Å². The highest BCUT2D eigenvalue weighted by Crippen LogP contribution is 2.19. The maximum atomic E-state index is 11.6. The summed E-state index contributed by atoms with van der Waals surface area (Å²) < 4.78 is 10.5. The number of esters is 1. The third kappa shape index (κ3) is 5.08. The van der Waals surface area contributed by atoms with E-state index in [1.807, 2.05) is 0 Å². The monoisotopic (exact) mass is 252 g/mol. The van der Waals surface area contributed by atoms with Gasteiger partial charge in [0.05, 0.1) is 6.61 Å². The van der Waals surface area contributed by atoms with Crippen molar-refractivity contribution in [2.24, 2.45) is 0 Å². The molecule has 1 aromatic rings. The van der Waals surface area contributed by atoms with Crippen molar-refractivity contribution < 1.29 is 19.4 Å². The molecule has 0 aromatic heterocycles. The van der Waals surface area contributed by atoms with Crippen molar-refractivity contribution >= 4 is 5.97 Å². The zero-order valence-electron chi connectivity index (χ0n) is 10.9. The maximum Gasteiger partial charge on any atom is 0.347 e. The first-order chi connectivity index (χ1) is 8.63. The Bertz CT molecular complexity index is 376. The van der Waals surface area contributed by atoms with Gasteiger partial charge < -0.3 is 14.6 Å². The van der Waals surface area contributed by atoms with E-state index in [1.165, 1.54) is 6.07 Å². The minimum Gasteiger partial charge on any atom is -0.508 e. The quantitative estimate of drug-likeness (QED) is 0.599. The molecule has 0 saturated heterocycles. The van der Waals surface area contributed by atoms with E-state index in [4.69, 9.17) is 9.47 Å². The fourth-order valence-electron chi connectivity index (χ4n) is 1.45. The average molecular weight is 252 g/mol.